The van der Waals surface area contributed by atoms with Gasteiger partial charge in [-0.2, -0.15) is 4.67 Å². The molecule has 0 aliphatic heterocycles. The van der Waals surface area contributed by atoms with E-state index < -0.39 is 7.52 Å². The minimum absolute atomic E-state index is 0.491. The van der Waals surface area contributed by atoms with Gasteiger partial charge in [-0.1, -0.05) is 17.7 Å². The Morgan fingerprint density at radius 1 is 1.36 bits per heavy atom. The van der Waals surface area contributed by atoms with Gasteiger partial charge in [0.05, 0.1) is 12.4 Å². The third kappa shape index (κ3) is 2.42. The first-order valence-corrected chi connectivity index (χ1v) is 5.85. The normalized spacial score (nSPS) is 15.1. The lowest BCUT2D eigenvalue weighted by Gasteiger charge is -2.13. The molecule has 0 saturated carbocycles. The van der Waals surface area contributed by atoms with Crippen molar-refractivity contribution in [1.82, 2.24) is 0 Å². The van der Waals surface area contributed by atoms with Crippen LogP contribution in [0.15, 0.2) is 18.2 Å². The van der Waals surface area contributed by atoms with Crippen molar-refractivity contribution < 1.29 is 14.1 Å². The van der Waals surface area contributed by atoms with Crippen molar-refractivity contribution in [2.24, 2.45) is 5.50 Å². The molecule has 1 atom stereocenters. The second kappa shape index (κ2) is 4.24. The van der Waals surface area contributed by atoms with Crippen LogP contribution in [0, 0.1) is 13.8 Å². The molecule has 1 unspecified atom stereocenters. The molecule has 0 radical (unpaired) electrons. The molecule has 14 heavy (non-hydrogen) atoms. The van der Waals surface area contributed by atoms with Crippen LogP contribution in [0.2, 0.25) is 0 Å². The van der Waals surface area contributed by atoms with Crippen LogP contribution in [0.5, 0.6) is 0 Å². The topological polar surface area (TPSA) is 61.6 Å². The summed E-state index contributed by atoms with van der Waals surface area (Å²) in [6.07, 6.45) is 0. The van der Waals surface area contributed by atoms with Gasteiger partial charge in [-0.05, 0) is 25.5 Å². The molecule has 0 heterocycles. The van der Waals surface area contributed by atoms with E-state index >= 15 is 0 Å². The van der Waals surface area contributed by atoms with Crippen molar-refractivity contribution in [2.45, 2.75) is 13.8 Å². The summed E-state index contributed by atoms with van der Waals surface area (Å²) in [6, 6.07) is 5.43. The van der Waals surface area contributed by atoms with Crippen LogP contribution in [-0.4, -0.2) is 7.11 Å². The molecule has 2 N–H and O–H groups in total. The Balaban J connectivity index is 3.13. The first-order chi connectivity index (χ1) is 6.47. The highest BCUT2D eigenvalue weighted by Crippen LogP contribution is 2.37. The summed E-state index contributed by atoms with van der Waals surface area (Å²) in [5, 5.41) is 0.491. The SMILES string of the molecule is COOP(N)(=O)c1ccc(C)cc1C. The molecule has 0 saturated heterocycles. The lowest BCUT2D eigenvalue weighted by atomic mass is 10.2. The number of aryl methyl sites for hydroxylation is 2. The third-order valence-electron chi connectivity index (χ3n) is 1.87. The maximum atomic E-state index is 11.8. The highest BCUT2D eigenvalue weighted by Gasteiger charge is 2.23. The zero-order valence-corrected chi connectivity index (χ0v) is 9.38. The molecule has 0 fully saturated rings. The predicted molar refractivity (Wildman–Crippen MR) is 55.4 cm³/mol. The van der Waals surface area contributed by atoms with E-state index in [0.717, 1.165) is 11.1 Å². The summed E-state index contributed by atoms with van der Waals surface area (Å²) >= 11 is 0. The Morgan fingerprint density at radius 2 is 2.00 bits per heavy atom. The van der Waals surface area contributed by atoms with Crippen LogP contribution in [0.25, 0.3) is 0 Å². The molecule has 0 aliphatic rings. The number of hydrogen-bond acceptors (Lipinski definition) is 3. The molecule has 4 nitrogen and oxygen atoms in total. The van der Waals surface area contributed by atoms with Crippen molar-refractivity contribution in [1.29, 1.82) is 0 Å². The molecule has 5 heteroatoms. The van der Waals surface area contributed by atoms with Gasteiger partial charge in [0.1, 0.15) is 0 Å². The fourth-order valence-corrected chi connectivity index (χ4v) is 2.45. The summed E-state index contributed by atoms with van der Waals surface area (Å²) in [5.74, 6) is 0. The quantitative estimate of drug-likeness (QED) is 0.473. The van der Waals surface area contributed by atoms with Gasteiger partial charge in [0.2, 0.25) is 0 Å². The zero-order valence-electron chi connectivity index (χ0n) is 8.48. The van der Waals surface area contributed by atoms with E-state index in [1.54, 1.807) is 6.07 Å². The number of rotatable bonds is 3. The highest BCUT2D eigenvalue weighted by molar-refractivity contribution is 7.64. The van der Waals surface area contributed by atoms with Crippen LogP contribution in [0.3, 0.4) is 0 Å². The van der Waals surface area contributed by atoms with E-state index in [4.69, 9.17) is 5.50 Å². The molecule has 0 aromatic heterocycles. The Kier molecular flexibility index (Phi) is 3.45. The van der Waals surface area contributed by atoms with Crippen molar-refractivity contribution in [3.05, 3.63) is 29.3 Å². The Hall–Kier alpha value is -0.670. The van der Waals surface area contributed by atoms with Crippen LogP contribution >= 0.6 is 7.52 Å². The van der Waals surface area contributed by atoms with E-state index in [1.165, 1.54) is 7.11 Å². The van der Waals surface area contributed by atoms with Crippen LogP contribution in [-0.2, 0) is 14.1 Å². The number of hydrogen-bond donors (Lipinski definition) is 1. The predicted octanol–water partition coefficient (Wildman–Crippen LogP) is 1.66. The lowest BCUT2D eigenvalue weighted by molar-refractivity contribution is -0.174. The summed E-state index contributed by atoms with van der Waals surface area (Å²) in [5.41, 5.74) is 7.44. The molecule has 1 aromatic carbocycles. The smallest absolute Gasteiger partial charge is 0.267 e. The molecule has 0 spiro atoms. The Bertz CT molecular complexity index is 378. The van der Waals surface area contributed by atoms with E-state index in [0.29, 0.717) is 5.30 Å². The number of benzene rings is 1. The fourth-order valence-electron chi connectivity index (χ4n) is 1.31. The Morgan fingerprint density at radius 3 is 2.50 bits per heavy atom. The van der Waals surface area contributed by atoms with Gasteiger partial charge >= 0.3 is 7.52 Å². The summed E-state index contributed by atoms with van der Waals surface area (Å²) in [4.78, 5) is 4.36. The summed E-state index contributed by atoms with van der Waals surface area (Å²) in [7, 11) is -2.04. The van der Waals surface area contributed by atoms with Gasteiger partial charge in [0.15, 0.2) is 0 Å². The average molecular weight is 215 g/mol. The molecule has 78 valence electrons. The van der Waals surface area contributed by atoms with Gasteiger partial charge in [-0.25, -0.2) is 4.89 Å². The molecule has 0 amide bonds. The first-order valence-electron chi connectivity index (χ1n) is 4.16. The standard InChI is InChI=1S/C9H14NO3P/c1-7-4-5-9(8(2)6-7)14(10,11)13-12-3/h4-6H,1-3H3,(H2,10,11). The first kappa shape index (κ1) is 11.4. The van der Waals surface area contributed by atoms with Crippen LogP contribution in [0.4, 0.5) is 0 Å². The summed E-state index contributed by atoms with van der Waals surface area (Å²) in [6.45, 7) is 3.79. The maximum Gasteiger partial charge on any atom is 0.325 e. The molecule has 1 rings (SSSR count). The van der Waals surface area contributed by atoms with E-state index in [2.05, 4.69) is 9.56 Å². The van der Waals surface area contributed by atoms with Crippen molar-refractivity contribution in [3.63, 3.8) is 0 Å². The molecule has 1 aromatic rings. The van der Waals surface area contributed by atoms with E-state index in [-0.39, 0.29) is 0 Å². The largest absolute Gasteiger partial charge is 0.325 e. The molecular formula is C9H14NO3P. The molecular weight excluding hydrogens is 201 g/mol. The number of nitrogens with two attached hydrogens (primary N) is 1. The highest BCUT2D eigenvalue weighted by atomic mass is 31.2. The van der Waals surface area contributed by atoms with Crippen LogP contribution < -0.4 is 10.8 Å². The van der Waals surface area contributed by atoms with Gasteiger partial charge in [-0.3, -0.25) is 10.1 Å². The Labute approximate surface area is 83.5 Å². The summed E-state index contributed by atoms with van der Waals surface area (Å²) < 4.78 is 16.3. The second-order valence-corrected chi connectivity index (χ2v) is 4.95. The minimum Gasteiger partial charge on any atom is -0.267 e. The van der Waals surface area contributed by atoms with Crippen molar-refractivity contribution in [3.8, 4) is 0 Å². The monoisotopic (exact) mass is 215 g/mol. The van der Waals surface area contributed by atoms with Crippen LogP contribution in [0.1, 0.15) is 11.1 Å². The van der Waals surface area contributed by atoms with Gasteiger partial charge in [-0.15, -0.1) is 0 Å². The van der Waals surface area contributed by atoms with E-state index in [1.807, 2.05) is 26.0 Å². The third-order valence-corrected chi connectivity index (χ3v) is 3.42. The van der Waals surface area contributed by atoms with Gasteiger partial charge < -0.3 is 0 Å². The lowest BCUT2D eigenvalue weighted by Crippen LogP contribution is -2.16. The fraction of sp³-hybridized carbons (Fsp3) is 0.333. The minimum atomic E-state index is -3.32. The van der Waals surface area contributed by atoms with Gasteiger partial charge in [0.25, 0.3) is 0 Å². The van der Waals surface area contributed by atoms with Gasteiger partial charge in [0, 0.05) is 0 Å². The average Bonchev–Trinajstić information content (AvgIpc) is 2.02. The molecule has 0 aliphatic carbocycles. The van der Waals surface area contributed by atoms with E-state index in [9.17, 15) is 4.57 Å². The second-order valence-electron chi connectivity index (χ2n) is 3.13. The molecule has 0 bridgehead atoms. The van der Waals surface area contributed by atoms with Crippen molar-refractivity contribution in [2.75, 3.05) is 7.11 Å². The zero-order chi connectivity index (χ0) is 10.8. The maximum absolute atomic E-state index is 11.8. The van der Waals surface area contributed by atoms with Crippen molar-refractivity contribution >= 4 is 12.8 Å².